The lowest BCUT2D eigenvalue weighted by Crippen LogP contribution is -2.37. The Morgan fingerprint density at radius 1 is 1.00 bits per heavy atom. The highest BCUT2D eigenvalue weighted by atomic mass is 32.2. The summed E-state index contributed by atoms with van der Waals surface area (Å²) in [7, 11) is -3.75. The van der Waals surface area contributed by atoms with Crippen molar-refractivity contribution >= 4 is 15.9 Å². The number of benzene rings is 2. The molecule has 0 spiro atoms. The van der Waals surface area contributed by atoms with E-state index in [4.69, 9.17) is 0 Å². The zero-order chi connectivity index (χ0) is 23.6. The summed E-state index contributed by atoms with van der Waals surface area (Å²) < 4.78 is 42.3. The fraction of sp³-hybridized carbons (Fsp3) is 0.333. The summed E-state index contributed by atoms with van der Waals surface area (Å²) in [5, 5.41) is 4.46. The van der Waals surface area contributed by atoms with Gasteiger partial charge in [0.25, 0.3) is 5.91 Å². The topological polar surface area (TPSA) is 75.5 Å². The Morgan fingerprint density at radius 2 is 1.70 bits per heavy atom. The molecule has 33 heavy (non-hydrogen) atoms. The van der Waals surface area contributed by atoms with Gasteiger partial charge >= 0.3 is 0 Å². The van der Waals surface area contributed by atoms with E-state index in [2.05, 4.69) is 5.10 Å². The lowest BCUT2D eigenvalue weighted by molar-refractivity contribution is 0.0763. The molecule has 0 bridgehead atoms. The number of hydrogen-bond donors (Lipinski definition) is 0. The zero-order valence-corrected chi connectivity index (χ0v) is 19.6. The average Bonchev–Trinajstić information content (AvgIpc) is 3.07. The van der Waals surface area contributed by atoms with E-state index in [1.165, 1.54) is 16.4 Å². The van der Waals surface area contributed by atoms with Gasteiger partial charge in [-0.25, -0.2) is 17.5 Å². The first-order chi connectivity index (χ1) is 15.8. The quantitative estimate of drug-likeness (QED) is 0.573. The van der Waals surface area contributed by atoms with Gasteiger partial charge in [-0.15, -0.1) is 0 Å². The van der Waals surface area contributed by atoms with Crippen molar-refractivity contribution in [3.63, 3.8) is 0 Å². The van der Waals surface area contributed by atoms with Crippen molar-refractivity contribution in [3.8, 4) is 5.69 Å². The number of halogens is 1. The Morgan fingerprint density at radius 3 is 2.36 bits per heavy atom. The van der Waals surface area contributed by atoms with E-state index >= 15 is 0 Å². The van der Waals surface area contributed by atoms with Gasteiger partial charge in [-0.2, -0.15) is 9.40 Å². The number of aryl methyl sites for hydroxylation is 1. The molecule has 9 heteroatoms. The monoisotopic (exact) mass is 470 g/mol. The molecule has 0 N–H and O–H groups in total. The largest absolute Gasteiger partial charge is 0.337 e. The summed E-state index contributed by atoms with van der Waals surface area (Å²) in [6.07, 6.45) is 2.74. The van der Waals surface area contributed by atoms with Crippen LogP contribution >= 0.6 is 0 Å². The highest BCUT2D eigenvalue weighted by Gasteiger charge is 2.30. The third-order valence-electron chi connectivity index (χ3n) is 5.91. The molecule has 1 fully saturated rings. The molecule has 2 aromatic carbocycles. The Hall–Kier alpha value is -3.04. The molecular weight excluding hydrogens is 443 g/mol. The van der Waals surface area contributed by atoms with Gasteiger partial charge in [-0.1, -0.05) is 24.6 Å². The molecule has 1 aliphatic heterocycles. The molecule has 0 atom stereocenters. The first-order valence-electron chi connectivity index (χ1n) is 11.0. The van der Waals surface area contributed by atoms with Crippen LogP contribution in [0.25, 0.3) is 5.69 Å². The SMILES string of the molecule is CCc1c(C(=O)N2CCCN(S(=O)(=O)c3ccc(F)cc3)CC2)cnn1-c1ccc(C)cc1. The minimum atomic E-state index is -3.75. The van der Waals surface area contributed by atoms with Gasteiger partial charge in [0.05, 0.1) is 28.0 Å². The van der Waals surface area contributed by atoms with E-state index < -0.39 is 15.8 Å². The standard InChI is InChI=1S/C24H27FN4O3S/c1-3-23-22(17-26-29(23)20-9-5-18(2)6-10-20)24(30)27-13-4-14-28(16-15-27)33(31,32)21-11-7-19(25)8-12-21/h5-12,17H,3-4,13-16H2,1-2H3. The van der Waals surface area contributed by atoms with Gasteiger partial charge in [-0.05, 0) is 56.2 Å². The molecule has 1 aromatic heterocycles. The van der Waals surface area contributed by atoms with Crippen LogP contribution in [0.2, 0.25) is 0 Å². The van der Waals surface area contributed by atoms with E-state index in [0.717, 1.165) is 29.1 Å². The minimum Gasteiger partial charge on any atom is -0.337 e. The zero-order valence-electron chi connectivity index (χ0n) is 18.7. The van der Waals surface area contributed by atoms with E-state index in [1.807, 2.05) is 38.1 Å². The van der Waals surface area contributed by atoms with Crippen LogP contribution in [0.15, 0.2) is 59.6 Å². The highest BCUT2D eigenvalue weighted by molar-refractivity contribution is 7.89. The molecule has 1 amide bonds. The van der Waals surface area contributed by atoms with Crippen molar-refractivity contribution in [3.05, 3.63) is 77.4 Å². The number of carbonyl (C=O) groups excluding carboxylic acids is 1. The highest BCUT2D eigenvalue weighted by Crippen LogP contribution is 2.21. The first kappa shape index (κ1) is 23.1. The normalized spacial score (nSPS) is 15.4. The maximum absolute atomic E-state index is 13.4. The van der Waals surface area contributed by atoms with Crippen molar-refractivity contribution in [1.82, 2.24) is 19.0 Å². The van der Waals surface area contributed by atoms with Gasteiger partial charge < -0.3 is 4.90 Å². The van der Waals surface area contributed by atoms with Crippen molar-refractivity contribution in [2.45, 2.75) is 31.6 Å². The van der Waals surface area contributed by atoms with Crippen LogP contribution in [-0.4, -0.2) is 59.5 Å². The summed E-state index contributed by atoms with van der Waals surface area (Å²) in [6, 6.07) is 12.8. The number of rotatable bonds is 5. The van der Waals surface area contributed by atoms with Crippen molar-refractivity contribution in [2.75, 3.05) is 26.2 Å². The fourth-order valence-corrected chi connectivity index (χ4v) is 5.53. The van der Waals surface area contributed by atoms with Crippen LogP contribution in [0.5, 0.6) is 0 Å². The van der Waals surface area contributed by atoms with Crippen LogP contribution in [0, 0.1) is 12.7 Å². The van der Waals surface area contributed by atoms with Crippen molar-refractivity contribution < 1.29 is 17.6 Å². The molecule has 3 aromatic rings. The Kier molecular flexibility index (Phi) is 6.62. The molecule has 0 aliphatic carbocycles. The summed E-state index contributed by atoms with van der Waals surface area (Å²) in [5.74, 6) is -0.634. The molecule has 1 aliphatic rings. The molecule has 0 unspecified atom stereocenters. The van der Waals surface area contributed by atoms with Gasteiger partial charge in [0, 0.05) is 26.2 Å². The minimum absolute atomic E-state index is 0.0521. The second-order valence-electron chi connectivity index (χ2n) is 8.11. The maximum Gasteiger partial charge on any atom is 0.257 e. The first-order valence-corrected chi connectivity index (χ1v) is 12.4. The molecular formula is C24H27FN4O3S. The number of nitrogens with zero attached hydrogens (tertiary/aromatic N) is 4. The van der Waals surface area contributed by atoms with Gasteiger partial charge in [0.15, 0.2) is 0 Å². The lowest BCUT2D eigenvalue weighted by Gasteiger charge is -2.22. The number of amides is 1. The van der Waals surface area contributed by atoms with Gasteiger partial charge in [-0.3, -0.25) is 4.79 Å². The molecule has 0 saturated carbocycles. The maximum atomic E-state index is 13.4. The van der Waals surface area contributed by atoms with E-state index in [0.29, 0.717) is 31.5 Å². The van der Waals surface area contributed by atoms with Gasteiger partial charge in [0.2, 0.25) is 10.0 Å². The molecule has 1 saturated heterocycles. The van der Waals surface area contributed by atoms with Crippen LogP contribution in [0.1, 0.15) is 35.0 Å². The Labute approximate surface area is 193 Å². The van der Waals surface area contributed by atoms with Crippen LogP contribution in [0.4, 0.5) is 4.39 Å². The molecule has 0 radical (unpaired) electrons. The average molecular weight is 471 g/mol. The smallest absolute Gasteiger partial charge is 0.257 e. The summed E-state index contributed by atoms with van der Waals surface area (Å²) in [4.78, 5) is 15.1. The van der Waals surface area contributed by atoms with E-state index in [-0.39, 0.29) is 23.9 Å². The third kappa shape index (κ3) is 4.69. The summed E-state index contributed by atoms with van der Waals surface area (Å²) >= 11 is 0. The van der Waals surface area contributed by atoms with E-state index in [9.17, 15) is 17.6 Å². The fourth-order valence-electron chi connectivity index (χ4n) is 4.06. The van der Waals surface area contributed by atoms with Crippen LogP contribution < -0.4 is 0 Å². The lowest BCUT2D eigenvalue weighted by atomic mass is 10.1. The number of sulfonamides is 1. The third-order valence-corrected chi connectivity index (χ3v) is 7.82. The van der Waals surface area contributed by atoms with Gasteiger partial charge in [0.1, 0.15) is 5.82 Å². The molecule has 7 nitrogen and oxygen atoms in total. The number of hydrogen-bond acceptors (Lipinski definition) is 4. The predicted molar refractivity (Wildman–Crippen MR) is 123 cm³/mol. The van der Waals surface area contributed by atoms with Crippen LogP contribution in [0.3, 0.4) is 0 Å². The van der Waals surface area contributed by atoms with E-state index in [1.54, 1.807) is 15.8 Å². The number of carbonyl (C=O) groups is 1. The number of aromatic nitrogens is 2. The van der Waals surface area contributed by atoms with Crippen molar-refractivity contribution in [1.29, 1.82) is 0 Å². The second kappa shape index (κ2) is 9.44. The Bertz CT molecular complexity index is 1240. The molecule has 174 valence electrons. The summed E-state index contributed by atoms with van der Waals surface area (Å²) in [6.45, 7) is 5.20. The Balaban J connectivity index is 1.52. The predicted octanol–water partition coefficient (Wildman–Crippen LogP) is 3.42. The summed E-state index contributed by atoms with van der Waals surface area (Å²) in [5.41, 5.74) is 3.39. The molecule has 2 heterocycles. The van der Waals surface area contributed by atoms with Crippen molar-refractivity contribution in [2.24, 2.45) is 0 Å². The molecule has 4 rings (SSSR count). The van der Waals surface area contributed by atoms with Crippen LogP contribution in [-0.2, 0) is 16.4 Å². The second-order valence-corrected chi connectivity index (χ2v) is 10.0.